The lowest BCUT2D eigenvalue weighted by Crippen LogP contribution is -2.42. The maximum atomic E-state index is 13.4. The number of ketones is 1. The van der Waals surface area contributed by atoms with Gasteiger partial charge in [0.25, 0.3) is 0 Å². The molecule has 2 aliphatic heterocycles. The number of unbranched alkanes of at least 4 members (excludes halogenated alkanes) is 2. The number of carbonyl (C=O) groups is 2. The van der Waals surface area contributed by atoms with Crippen LogP contribution in [0.5, 0.6) is 0 Å². The molecule has 7 nitrogen and oxygen atoms in total. The van der Waals surface area contributed by atoms with Gasteiger partial charge in [-0.2, -0.15) is 0 Å². The van der Waals surface area contributed by atoms with Crippen LogP contribution in [-0.2, 0) is 9.59 Å². The van der Waals surface area contributed by atoms with Crippen molar-refractivity contribution in [1.29, 1.82) is 0 Å². The molecule has 0 radical (unpaired) electrons. The molecule has 0 bridgehead atoms. The first-order chi connectivity index (χ1) is 19.0. The van der Waals surface area contributed by atoms with Crippen molar-refractivity contribution in [3.63, 3.8) is 0 Å². The largest absolute Gasteiger partial charge is 0.348 e. The topological polar surface area (TPSA) is 87.5 Å². The maximum Gasteiger partial charge on any atom is 0.224 e. The number of nitrogens with one attached hydrogen (secondary N) is 1. The number of piperidine rings is 1. The molecule has 3 aliphatic rings. The number of hydrogen-bond acceptors (Lipinski definition) is 6. The van der Waals surface area contributed by atoms with E-state index in [1.807, 2.05) is 43.7 Å². The van der Waals surface area contributed by atoms with Gasteiger partial charge in [-0.15, -0.1) is 0 Å². The second-order valence-corrected chi connectivity index (χ2v) is 11.6. The summed E-state index contributed by atoms with van der Waals surface area (Å²) in [6, 6.07) is 7.96. The van der Waals surface area contributed by atoms with Crippen molar-refractivity contribution in [1.82, 2.24) is 20.2 Å². The number of nitrogens with zero attached hydrogens (tertiary/aromatic N) is 4. The van der Waals surface area contributed by atoms with E-state index in [1.54, 1.807) is 6.20 Å². The van der Waals surface area contributed by atoms with Gasteiger partial charge in [0.2, 0.25) is 5.91 Å². The Kier molecular flexibility index (Phi) is 8.66. The van der Waals surface area contributed by atoms with E-state index in [4.69, 9.17) is 4.99 Å². The fourth-order valence-electron chi connectivity index (χ4n) is 6.06. The van der Waals surface area contributed by atoms with Crippen molar-refractivity contribution in [2.24, 2.45) is 16.3 Å². The maximum absolute atomic E-state index is 13.4. The summed E-state index contributed by atoms with van der Waals surface area (Å²) < 4.78 is 0. The average molecular weight is 528 g/mol. The van der Waals surface area contributed by atoms with Gasteiger partial charge >= 0.3 is 0 Å². The van der Waals surface area contributed by atoms with Gasteiger partial charge in [-0.1, -0.05) is 25.8 Å². The van der Waals surface area contributed by atoms with Crippen LogP contribution in [0.3, 0.4) is 0 Å². The molecule has 7 heteroatoms. The van der Waals surface area contributed by atoms with Crippen molar-refractivity contribution in [3.05, 3.63) is 54.6 Å². The zero-order chi connectivity index (χ0) is 27.2. The van der Waals surface area contributed by atoms with Crippen molar-refractivity contribution < 1.29 is 9.59 Å². The highest BCUT2D eigenvalue weighted by molar-refractivity contribution is 6.03. The summed E-state index contributed by atoms with van der Waals surface area (Å²) in [4.78, 5) is 41.1. The van der Waals surface area contributed by atoms with Crippen molar-refractivity contribution in [2.45, 2.75) is 77.2 Å². The Hall–Kier alpha value is -3.19. The lowest BCUT2D eigenvalue weighted by atomic mass is 9.90. The predicted molar refractivity (Wildman–Crippen MR) is 155 cm³/mol. The highest BCUT2D eigenvalue weighted by Crippen LogP contribution is 2.59. The minimum atomic E-state index is -0.0698. The molecule has 39 heavy (non-hydrogen) atoms. The second-order valence-electron chi connectivity index (χ2n) is 11.6. The number of aliphatic imine (C=N–C) groups is 1. The number of likely N-dealkylation sites (tertiary alicyclic amines) is 1. The molecule has 1 spiro atoms. The van der Waals surface area contributed by atoms with E-state index in [1.165, 1.54) is 0 Å². The van der Waals surface area contributed by atoms with E-state index < -0.39 is 0 Å². The van der Waals surface area contributed by atoms with Gasteiger partial charge in [-0.25, -0.2) is 0 Å². The zero-order valence-corrected chi connectivity index (χ0v) is 23.4. The lowest BCUT2D eigenvalue weighted by molar-refractivity contribution is -0.123. The molecular weight excluding hydrogens is 486 g/mol. The van der Waals surface area contributed by atoms with Crippen LogP contribution in [-0.4, -0.2) is 58.4 Å². The van der Waals surface area contributed by atoms with E-state index in [-0.39, 0.29) is 23.3 Å². The Morgan fingerprint density at radius 3 is 2.67 bits per heavy atom. The molecule has 2 aromatic rings. The van der Waals surface area contributed by atoms with Gasteiger partial charge in [-0.05, 0) is 87.0 Å². The third kappa shape index (κ3) is 6.70. The smallest absolute Gasteiger partial charge is 0.224 e. The molecule has 5 rings (SSSR count). The van der Waals surface area contributed by atoms with Crippen LogP contribution in [0.25, 0.3) is 16.8 Å². The van der Waals surface area contributed by atoms with E-state index in [0.717, 1.165) is 86.1 Å². The summed E-state index contributed by atoms with van der Waals surface area (Å²) in [6.45, 7) is 4.09. The number of rotatable bonds is 12. The number of amides is 1. The summed E-state index contributed by atoms with van der Waals surface area (Å²) in [5, 5.41) is 3.41. The van der Waals surface area contributed by atoms with Gasteiger partial charge in [0, 0.05) is 61.2 Å². The third-order valence-corrected chi connectivity index (χ3v) is 8.90. The molecule has 2 fully saturated rings. The predicted octanol–water partition coefficient (Wildman–Crippen LogP) is 5.48. The van der Waals surface area contributed by atoms with Gasteiger partial charge in [0.15, 0.2) is 0 Å². The Labute approximate surface area is 232 Å². The fraction of sp³-hybridized carbons (Fsp3) is 0.531. The molecule has 1 saturated heterocycles. The van der Waals surface area contributed by atoms with Crippen molar-refractivity contribution in [2.75, 3.05) is 20.1 Å². The van der Waals surface area contributed by atoms with Crippen LogP contribution in [0, 0.1) is 11.3 Å². The second kappa shape index (κ2) is 12.3. The lowest BCUT2D eigenvalue weighted by Gasteiger charge is -2.30. The summed E-state index contributed by atoms with van der Waals surface area (Å²) in [5.41, 5.74) is 5.30. The van der Waals surface area contributed by atoms with Crippen molar-refractivity contribution in [3.8, 4) is 11.3 Å². The molecule has 1 aliphatic carbocycles. The first-order valence-electron chi connectivity index (χ1n) is 14.6. The summed E-state index contributed by atoms with van der Waals surface area (Å²) >= 11 is 0. The first kappa shape index (κ1) is 27.4. The van der Waals surface area contributed by atoms with Crippen LogP contribution >= 0.6 is 0 Å². The summed E-state index contributed by atoms with van der Waals surface area (Å²) in [7, 11) is 2.17. The number of Topliss-reactive ketones (excluding diaryl/α,β-unsaturated/α-hetero) is 1. The first-order valence-corrected chi connectivity index (χ1v) is 14.6. The number of allylic oxidation sites excluding steroid dienone is 1. The zero-order valence-electron chi connectivity index (χ0n) is 23.4. The van der Waals surface area contributed by atoms with E-state index >= 15 is 0 Å². The molecule has 1 saturated carbocycles. The number of hydrogen-bond donors (Lipinski definition) is 1. The minimum absolute atomic E-state index is 0.0698. The monoisotopic (exact) mass is 527 g/mol. The van der Waals surface area contributed by atoms with Gasteiger partial charge in [0.05, 0.1) is 11.7 Å². The molecule has 0 aromatic carbocycles. The van der Waals surface area contributed by atoms with Gasteiger partial charge < -0.3 is 10.2 Å². The van der Waals surface area contributed by atoms with E-state index in [2.05, 4.69) is 33.3 Å². The molecule has 1 amide bonds. The van der Waals surface area contributed by atoms with Gasteiger partial charge in [0.1, 0.15) is 5.78 Å². The summed E-state index contributed by atoms with van der Waals surface area (Å²) in [5.74, 6) is 0.660. The average Bonchev–Trinajstić information content (AvgIpc) is 3.45. The van der Waals surface area contributed by atoms with Gasteiger partial charge in [-0.3, -0.25) is 24.5 Å². The fourth-order valence-corrected chi connectivity index (χ4v) is 6.06. The van der Waals surface area contributed by atoms with Crippen LogP contribution in [0.15, 0.2) is 54.0 Å². The standard InChI is InChI=1S/C32H41N5O2/c1-3-26(38)9-5-4-6-10-29(36-31(39)27-19-32(27)13-16-37(2)17-14-32)30-18-25(22-35-30)23-11-12-28(34-21-23)24-8-7-15-33-20-24/h7-8,11-12,15,20-22,27,29H,3-6,9-10,13-14,16-19H2,1-2H3,(H,36,39)/t27-,29+/m1/s1. The molecule has 4 heterocycles. The van der Waals surface area contributed by atoms with Crippen LogP contribution in [0.2, 0.25) is 0 Å². The van der Waals surface area contributed by atoms with Crippen LogP contribution < -0.4 is 5.32 Å². The molecule has 206 valence electrons. The Morgan fingerprint density at radius 2 is 1.95 bits per heavy atom. The van der Waals surface area contributed by atoms with E-state index in [9.17, 15) is 9.59 Å². The molecule has 0 unspecified atom stereocenters. The van der Waals surface area contributed by atoms with Crippen LogP contribution in [0.1, 0.15) is 76.7 Å². The highest BCUT2D eigenvalue weighted by atomic mass is 16.2. The third-order valence-electron chi connectivity index (χ3n) is 8.90. The molecular formula is C32H41N5O2. The van der Waals surface area contributed by atoms with Crippen molar-refractivity contribution >= 4 is 23.0 Å². The number of aromatic nitrogens is 2. The Balaban J connectivity index is 1.20. The molecule has 1 N–H and O–H groups in total. The highest BCUT2D eigenvalue weighted by Gasteiger charge is 2.58. The quantitative estimate of drug-likeness (QED) is 0.370. The van der Waals surface area contributed by atoms with Crippen LogP contribution in [0.4, 0.5) is 0 Å². The SMILES string of the molecule is CCC(=O)CCCCC[C@H](NC(=O)[C@H]1CC12CCN(C)CC2)C1=NC=C(c2ccc(-c3cccnc3)nc2)C1. The normalized spacial score (nSPS) is 20.8. The number of carbonyl (C=O) groups excluding carboxylic acids is 2. The Morgan fingerprint density at radius 1 is 1.10 bits per heavy atom. The Bertz CT molecular complexity index is 1210. The minimum Gasteiger partial charge on any atom is -0.348 e. The van der Waals surface area contributed by atoms with E-state index in [0.29, 0.717) is 25.0 Å². The molecule has 2 atom stereocenters. The molecule has 2 aromatic heterocycles. The number of pyridine rings is 2. The summed E-state index contributed by atoms with van der Waals surface area (Å²) in [6.07, 6.45) is 16.4.